The van der Waals surface area contributed by atoms with E-state index in [1.807, 2.05) is 0 Å². The van der Waals surface area contributed by atoms with Crippen LogP contribution in [0.1, 0.15) is 16.1 Å². The van der Waals surface area contributed by atoms with Crippen LogP contribution >= 0.6 is 0 Å². The molecule has 0 spiro atoms. The zero-order valence-electron chi connectivity index (χ0n) is 13.4. The van der Waals surface area contributed by atoms with Gasteiger partial charge in [0, 0.05) is 26.2 Å². The average molecular weight is 370 g/mol. The van der Waals surface area contributed by atoms with Crippen LogP contribution in [0.2, 0.25) is 0 Å². The molecule has 1 aromatic carbocycles. The third-order valence-corrected chi connectivity index (χ3v) is 6.04. The summed E-state index contributed by atoms with van der Waals surface area (Å²) in [7, 11) is -3.94. The van der Waals surface area contributed by atoms with Gasteiger partial charge in [0.05, 0.1) is 16.7 Å². The van der Waals surface area contributed by atoms with E-state index in [4.69, 9.17) is 4.42 Å². The van der Waals surface area contributed by atoms with Crippen molar-refractivity contribution in [3.63, 3.8) is 0 Å². The molecule has 1 aliphatic rings. The van der Waals surface area contributed by atoms with E-state index in [1.54, 1.807) is 13.0 Å². The average Bonchev–Trinajstić information content (AvgIpc) is 3.02. The van der Waals surface area contributed by atoms with Gasteiger partial charge < -0.3 is 9.32 Å². The molecular formula is C16H16F2N2O4S. The van der Waals surface area contributed by atoms with E-state index in [9.17, 15) is 22.0 Å². The molecule has 0 saturated carbocycles. The van der Waals surface area contributed by atoms with E-state index >= 15 is 0 Å². The molecule has 6 nitrogen and oxygen atoms in total. The number of furan rings is 1. The van der Waals surface area contributed by atoms with E-state index in [1.165, 1.54) is 11.2 Å². The zero-order chi connectivity index (χ0) is 18.2. The standard InChI is InChI=1S/C16H16F2N2O4S/c1-11-13(4-9-24-11)16(21)19-5-7-20(8-6-19)25(22,23)12-2-3-14(17)15(18)10-12/h2-4,9-10H,5-8H2,1H3. The Bertz CT molecular complexity index is 903. The lowest BCUT2D eigenvalue weighted by atomic mass is 10.2. The Balaban J connectivity index is 1.72. The van der Waals surface area contributed by atoms with Crippen LogP contribution < -0.4 is 0 Å². The number of halogens is 2. The number of nitrogens with zero attached hydrogens (tertiary/aromatic N) is 2. The molecule has 1 fully saturated rings. The lowest BCUT2D eigenvalue weighted by molar-refractivity contribution is 0.0696. The first-order valence-corrected chi connectivity index (χ1v) is 9.03. The van der Waals surface area contributed by atoms with Gasteiger partial charge in [-0.25, -0.2) is 17.2 Å². The molecule has 0 unspecified atom stereocenters. The van der Waals surface area contributed by atoms with Crippen molar-refractivity contribution in [3.05, 3.63) is 53.5 Å². The molecule has 9 heteroatoms. The fraction of sp³-hybridized carbons (Fsp3) is 0.312. The second kappa shape index (κ2) is 6.57. The third-order valence-electron chi connectivity index (χ3n) is 4.14. The molecule has 25 heavy (non-hydrogen) atoms. The van der Waals surface area contributed by atoms with Crippen LogP contribution in [0.5, 0.6) is 0 Å². The number of hydrogen-bond donors (Lipinski definition) is 0. The highest BCUT2D eigenvalue weighted by Crippen LogP contribution is 2.21. The lowest BCUT2D eigenvalue weighted by Gasteiger charge is -2.34. The van der Waals surface area contributed by atoms with E-state index in [0.29, 0.717) is 17.4 Å². The summed E-state index contributed by atoms with van der Waals surface area (Å²) in [5.74, 6) is -2.05. The minimum Gasteiger partial charge on any atom is -0.469 e. The van der Waals surface area contributed by atoms with Crippen LogP contribution in [-0.4, -0.2) is 49.7 Å². The van der Waals surface area contributed by atoms with Crippen molar-refractivity contribution < 1.29 is 26.4 Å². The number of amides is 1. The Hall–Kier alpha value is -2.26. The van der Waals surface area contributed by atoms with Crippen LogP contribution in [0.25, 0.3) is 0 Å². The quantitative estimate of drug-likeness (QED) is 0.829. The molecule has 134 valence electrons. The van der Waals surface area contributed by atoms with Gasteiger partial charge in [0.2, 0.25) is 10.0 Å². The van der Waals surface area contributed by atoms with Crippen molar-refractivity contribution in [1.82, 2.24) is 9.21 Å². The molecule has 0 N–H and O–H groups in total. The maximum Gasteiger partial charge on any atom is 0.257 e. The number of piperazine rings is 1. The SMILES string of the molecule is Cc1occc1C(=O)N1CCN(S(=O)(=O)c2ccc(F)c(F)c2)CC1. The second-order valence-electron chi connectivity index (χ2n) is 5.66. The summed E-state index contributed by atoms with van der Waals surface area (Å²) in [6.07, 6.45) is 1.42. The van der Waals surface area contributed by atoms with Crippen LogP contribution in [0.3, 0.4) is 0 Å². The highest BCUT2D eigenvalue weighted by atomic mass is 32.2. The molecule has 1 amide bonds. The lowest BCUT2D eigenvalue weighted by Crippen LogP contribution is -2.50. The van der Waals surface area contributed by atoms with Gasteiger partial charge in [-0.3, -0.25) is 4.79 Å². The van der Waals surface area contributed by atoms with Crippen molar-refractivity contribution >= 4 is 15.9 Å². The number of sulfonamides is 1. The largest absolute Gasteiger partial charge is 0.469 e. The van der Waals surface area contributed by atoms with Gasteiger partial charge in [-0.2, -0.15) is 4.31 Å². The van der Waals surface area contributed by atoms with Crippen LogP contribution in [0.15, 0.2) is 39.8 Å². The smallest absolute Gasteiger partial charge is 0.257 e. The molecule has 2 aromatic rings. The van der Waals surface area contributed by atoms with Crippen LogP contribution in [-0.2, 0) is 10.0 Å². The van der Waals surface area contributed by atoms with Crippen LogP contribution in [0, 0.1) is 18.6 Å². The molecule has 0 aliphatic carbocycles. The summed E-state index contributed by atoms with van der Waals surface area (Å²) in [6, 6.07) is 4.04. The number of carbonyl (C=O) groups is 1. The Morgan fingerprint density at radius 1 is 1.08 bits per heavy atom. The maximum absolute atomic E-state index is 13.3. The molecule has 0 atom stereocenters. The monoisotopic (exact) mass is 370 g/mol. The highest BCUT2D eigenvalue weighted by molar-refractivity contribution is 7.89. The van der Waals surface area contributed by atoms with Crippen molar-refractivity contribution in [2.75, 3.05) is 26.2 Å². The van der Waals surface area contributed by atoms with E-state index in [-0.39, 0.29) is 37.0 Å². The van der Waals surface area contributed by atoms with Gasteiger partial charge in [-0.1, -0.05) is 0 Å². The number of hydrogen-bond acceptors (Lipinski definition) is 4. The number of aryl methyl sites for hydroxylation is 1. The van der Waals surface area contributed by atoms with E-state index in [2.05, 4.69) is 0 Å². The van der Waals surface area contributed by atoms with Crippen molar-refractivity contribution in [2.45, 2.75) is 11.8 Å². The van der Waals surface area contributed by atoms with Crippen molar-refractivity contribution in [3.8, 4) is 0 Å². The summed E-state index contributed by atoms with van der Waals surface area (Å²) in [4.78, 5) is 13.6. The minimum absolute atomic E-state index is 0.0734. The van der Waals surface area contributed by atoms with Gasteiger partial charge in [-0.15, -0.1) is 0 Å². The Kier molecular flexibility index (Phi) is 4.61. The zero-order valence-corrected chi connectivity index (χ0v) is 14.2. The topological polar surface area (TPSA) is 70.8 Å². The highest BCUT2D eigenvalue weighted by Gasteiger charge is 2.31. The molecule has 3 rings (SSSR count). The summed E-state index contributed by atoms with van der Waals surface area (Å²) >= 11 is 0. The van der Waals surface area contributed by atoms with Crippen molar-refractivity contribution in [1.29, 1.82) is 0 Å². The first kappa shape index (κ1) is 17.6. The van der Waals surface area contributed by atoms with E-state index in [0.717, 1.165) is 16.4 Å². The van der Waals surface area contributed by atoms with E-state index < -0.39 is 21.7 Å². The minimum atomic E-state index is -3.94. The molecule has 0 radical (unpaired) electrons. The van der Waals surface area contributed by atoms with Gasteiger partial charge in [0.25, 0.3) is 5.91 Å². The number of carbonyl (C=O) groups excluding carboxylic acids is 1. The van der Waals surface area contributed by atoms with Gasteiger partial charge in [0.1, 0.15) is 5.76 Å². The van der Waals surface area contributed by atoms with Gasteiger partial charge in [0.15, 0.2) is 11.6 Å². The molecular weight excluding hydrogens is 354 g/mol. The first-order valence-electron chi connectivity index (χ1n) is 7.59. The fourth-order valence-electron chi connectivity index (χ4n) is 2.70. The molecule has 1 saturated heterocycles. The predicted octanol–water partition coefficient (Wildman–Crippen LogP) is 2.01. The Labute approximate surface area is 143 Å². The molecule has 1 aromatic heterocycles. The van der Waals surface area contributed by atoms with Gasteiger partial charge >= 0.3 is 0 Å². The Morgan fingerprint density at radius 2 is 1.76 bits per heavy atom. The summed E-state index contributed by atoms with van der Waals surface area (Å²) in [5.41, 5.74) is 0.442. The maximum atomic E-state index is 13.3. The van der Waals surface area contributed by atoms with Gasteiger partial charge in [-0.05, 0) is 31.2 Å². The number of benzene rings is 1. The normalized spacial score (nSPS) is 16.2. The fourth-order valence-corrected chi connectivity index (χ4v) is 4.13. The summed E-state index contributed by atoms with van der Waals surface area (Å²) in [5, 5.41) is 0. The van der Waals surface area contributed by atoms with Crippen molar-refractivity contribution in [2.24, 2.45) is 0 Å². The molecule has 0 bridgehead atoms. The molecule has 1 aliphatic heterocycles. The molecule has 2 heterocycles. The number of rotatable bonds is 3. The predicted molar refractivity (Wildman–Crippen MR) is 84.5 cm³/mol. The van der Waals surface area contributed by atoms with Crippen LogP contribution in [0.4, 0.5) is 8.78 Å². The third kappa shape index (κ3) is 3.29. The summed E-state index contributed by atoms with van der Waals surface area (Å²) < 4.78 is 57.6. The Morgan fingerprint density at radius 3 is 2.32 bits per heavy atom. The summed E-state index contributed by atoms with van der Waals surface area (Å²) in [6.45, 7) is 2.23. The second-order valence-corrected chi connectivity index (χ2v) is 7.60. The first-order chi connectivity index (χ1) is 11.8.